The van der Waals surface area contributed by atoms with Gasteiger partial charge in [-0.1, -0.05) is 12.1 Å². The van der Waals surface area contributed by atoms with Crippen LogP contribution in [0.4, 0.5) is 0 Å². The van der Waals surface area contributed by atoms with E-state index in [1.165, 1.54) is 0 Å². The maximum atomic E-state index is 13.3. The van der Waals surface area contributed by atoms with Gasteiger partial charge in [0.2, 0.25) is 5.90 Å². The number of hydrogen-bond acceptors (Lipinski definition) is 8. The van der Waals surface area contributed by atoms with Gasteiger partial charge in [-0.05, 0) is 48.9 Å². The molecule has 0 saturated heterocycles. The third-order valence-corrected chi connectivity index (χ3v) is 5.73. The summed E-state index contributed by atoms with van der Waals surface area (Å²) >= 11 is 0. The van der Waals surface area contributed by atoms with Crippen molar-refractivity contribution in [2.75, 3.05) is 27.4 Å². The molecule has 0 fully saturated rings. The van der Waals surface area contributed by atoms with E-state index in [1.54, 1.807) is 20.3 Å². The Kier molecular flexibility index (Phi) is 9.11. The van der Waals surface area contributed by atoms with E-state index in [1.807, 2.05) is 49.4 Å². The fraction of sp³-hybridized carbons (Fsp3) is 0.385. The van der Waals surface area contributed by atoms with E-state index in [-0.39, 0.29) is 12.5 Å². The number of aliphatic hydroxyl groups is 1. The predicted molar refractivity (Wildman–Crippen MR) is 133 cm³/mol. The van der Waals surface area contributed by atoms with Gasteiger partial charge >= 0.3 is 0 Å². The zero-order chi connectivity index (χ0) is 25.3. The lowest BCUT2D eigenvalue weighted by Gasteiger charge is -2.27. The Morgan fingerprint density at radius 3 is 2.60 bits per heavy atom. The van der Waals surface area contributed by atoms with Crippen molar-refractivity contribution in [3.63, 3.8) is 0 Å². The van der Waals surface area contributed by atoms with Gasteiger partial charge in [-0.25, -0.2) is 10.4 Å². The Morgan fingerprint density at radius 2 is 1.94 bits per heavy atom. The molecule has 0 aliphatic carbocycles. The number of nitrogens with one attached hydrogen (secondary N) is 2. The highest BCUT2D eigenvalue weighted by atomic mass is 16.5. The van der Waals surface area contributed by atoms with E-state index in [2.05, 4.69) is 17.4 Å². The van der Waals surface area contributed by atoms with E-state index in [0.717, 1.165) is 11.1 Å². The minimum absolute atomic E-state index is 0.0806. The minimum atomic E-state index is -1.15. The number of rotatable bonds is 13. The van der Waals surface area contributed by atoms with Gasteiger partial charge in [0.05, 0.1) is 20.8 Å². The van der Waals surface area contributed by atoms with Crippen LogP contribution in [0.5, 0.6) is 17.2 Å². The van der Waals surface area contributed by atoms with Crippen LogP contribution in [-0.4, -0.2) is 56.0 Å². The number of methoxy groups -OCH3 is 2. The van der Waals surface area contributed by atoms with Crippen molar-refractivity contribution in [3.8, 4) is 17.2 Å². The summed E-state index contributed by atoms with van der Waals surface area (Å²) in [6, 6.07) is 12.8. The average molecular weight is 484 g/mol. The Balaban J connectivity index is 1.69. The highest BCUT2D eigenvalue weighted by Gasteiger charge is 2.49. The number of ether oxygens (including phenoxy) is 4. The van der Waals surface area contributed by atoms with E-state index in [0.29, 0.717) is 49.1 Å². The number of aliphatic hydroxyl groups excluding tert-OH is 1. The lowest BCUT2D eigenvalue weighted by atomic mass is 9.90. The molecule has 1 amide bonds. The quantitative estimate of drug-likeness (QED) is 0.228. The molecule has 1 aliphatic rings. The summed E-state index contributed by atoms with van der Waals surface area (Å²) in [5, 5.41) is 8.88. The zero-order valence-electron chi connectivity index (χ0n) is 20.4. The molecule has 0 radical (unpaired) electrons. The molecule has 2 atom stereocenters. The Hall–Kier alpha value is -3.56. The van der Waals surface area contributed by atoms with Gasteiger partial charge in [-0.3, -0.25) is 10.2 Å². The van der Waals surface area contributed by atoms with Crippen LogP contribution in [0.3, 0.4) is 0 Å². The van der Waals surface area contributed by atoms with Crippen molar-refractivity contribution in [3.05, 3.63) is 66.2 Å². The molecule has 0 spiro atoms. The maximum absolute atomic E-state index is 13.3. The number of amides is 1. The fourth-order valence-electron chi connectivity index (χ4n) is 3.73. The topological polar surface area (TPSA) is 111 Å². The molecule has 0 saturated carbocycles. The minimum Gasteiger partial charge on any atom is -0.494 e. The molecule has 2 aromatic rings. The summed E-state index contributed by atoms with van der Waals surface area (Å²) < 4.78 is 22.2. The number of carbonyl (C=O) groups is 1. The first-order chi connectivity index (χ1) is 17.0. The van der Waals surface area contributed by atoms with Crippen LogP contribution in [0.25, 0.3) is 0 Å². The van der Waals surface area contributed by atoms with Gasteiger partial charge in [0.1, 0.15) is 11.9 Å². The third kappa shape index (κ3) is 6.12. The van der Waals surface area contributed by atoms with E-state index < -0.39 is 11.6 Å². The number of carbonyl (C=O) groups excluding carboxylic acids is 1. The molecule has 188 valence electrons. The fourth-order valence-corrected chi connectivity index (χ4v) is 3.73. The van der Waals surface area contributed by atoms with Crippen LogP contribution < -0.4 is 25.1 Å². The average Bonchev–Trinajstić information content (AvgIpc) is 3.21. The van der Waals surface area contributed by atoms with Crippen molar-refractivity contribution in [1.29, 1.82) is 0 Å². The van der Waals surface area contributed by atoms with E-state index in [4.69, 9.17) is 29.0 Å². The van der Waals surface area contributed by atoms with E-state index in [9.17, 15) is 4.79 Å². The second-order valence-corrected chi connectivity index (χ2v) is 8.04. The standard InChI is InChI=1S/C26H33N3O6/c1-5-13-26(25(31)29-27-17-19-7-12-22(32-3)23(16-19)33-4)18(2)35-24(28-26)20-8-10-21(11-9-20)34-15-6-14-30/h5,7-12,16,18,27,30H,1,6,13-15,17H2,2-4H3,(H,29,31)/t18-,26-/m0/s1. The predicted octanol–water partition coefficient (Wildman–Crippen LogP) is 2.77. The largest absolute Gasteiger partial charge is 0.494 e. The first-order valence-corrected chi connectivity index (χ1v) is 11.4. The molecule has 0 unspecified atom stereocenters. The van der Waals surface area contributed by atoms with Crippen LogP contribution in [0.1, 0.15) is 30.9 Å². The van der Waals surface area contributed by atoms with Crippen molar-refractivity contribution >= 4 is 11.8 Å². The zero-order valence-corrected chi connectivity index (χ0v) is 20.4. The summed E-state index contributed by atoms with van der Waals surface area (Å²) in [4.78, 5) is 18.0. The van der Waals surface area contributed by atoms with Crippen LogP contribution in [-0.2, 0) is 16.1 Å². The van der Waals surface area contributed by atoms with Crippen molar-refractivity contribution in [2.45, 2.75) is 38.0 Å². The molecule has 9 heteroatoms. The van der Waals surface area contributed by atoms with Gasteiger partial charge in [-0.2, -0.15) is 0 Å². The molecular formula is C26H33N3O6. The number of aliphatic imine (C=N–C) groups is 1. The highest BCUT2D eigenvalue weighted by Crippen LogP contribution is 2.33. The summed E-state index contributed by atoms with van der Waals surface area (Å²) in [5.74, 6) is 2.00. The molecule has 3 rings (SSSR count). The van der Waals surface area contributed by atoms with Crippen LogP contribution in [0, 0.1) is 0 Å². The number of benzene rings is 2. The van der Waals surface area contributed by atoms with Gasteiger partial charge < -0.3 is 24.1 Å². The molecule has 3 N–H and O–H groups in total. The molecular weight excluding hydrogens is 450 g/mol. The Morgan fingerprint density at radius 1 is 1.20 bits per heavy atom. The van der Waals surface area contributed by atoms with Gasteiger partial charge in [0, 0.05) is 31.6 Å². The van der Waals surface area contributed by atoms with E-state index >= 15 is 0 Å². The maximum Gasteiger partial charge on any atom is 0.266 e. The molecule has 2 aromatic carbocycles. The van der Waals surface area contributed by atoms with Crippen LogP contribution in [0.15, 0.2) is 60.1 Å². The molecule has 1 aliphatic heterocycles. The molecule has 0 aromatic heterocycles. The number of hydrazine groups is 1. The summed E-state index contributed by atoms with van der Waals surface area (Å²) in [6.45, 7) is 6.52. The molecule has 35 heavy (non-hydrogen) atoms. The highest BCUT2D eigenvalue weighted by molar-refractivity contribution is 6.00. The third-order valence-electron chi connectivity index (χ3n) is 5.73. The number of nitrogens with zero attached hydrogens (tertiary/aromatic N) is 1. The van der Waals surface area contributed by atoms with Crippen molar-refractivity contribution in [1.82, 2.24) is 10.9 Å². The van der Waals surface area contributed by atoms with Crippen LogP contribution in [0.2, 0.25) is 0 Å². The molecule has 9 nitrogen and oxygen atoms in total. The molecule has 0 bridgehead atoms. The number of hydrogen-bond donors (Lipinski definition) is 3. The van der Waals surface area contributed by atoms with Crippen molar-refractivity contribution < 1.29 is 28.8 Å². The van der Waals surface area contributed by atoms with Gasteiger partial charge in [0.25, 0.3) is 5.91 Å². The summed E-state index contributed by atoms with van der Waals surface area (Å²) in [6.07, 6.45) is 2.04. The monoisotopic (exact) mass is 483 g/mol. The Bertz CT molecular complexity index is 1040. The van der Waals surface area contributed by atoms with Gasteiger partial charge in [-0.15, -0.1) is 6.58 Å². The van der Waals surface area contributed by atoms with Crippen molar-refractivity contribution in [2.24, 2.45) is 4.99 Å². The summed E-state index contributed by atoms with van der Waals surface area (Å²) in [7, 11) is 3.15. The first kappa shape index (κ1) is 26.1. The Labute approximate surface area is 205 Å². The van der Waals surface area contributed by atoms with Crippen LogP contribution >= 0.6 is 0 Å². The lowest BCUT2D eigenvalue weighted by molar-refractivity contribution is -0.129. The summed E-state index contributed by atoms with van der Waals surface area (Å²) in [5.41, 5.74) is 6.23. The second kappa shape index (κ2) is 12.2. The normalized spacial score (nSPS) is 18.9. The molecule has 1 heterocycles. The second-order valence-electron chi connectivity index (χ2n) is 8.04. The first-order valence-electron chi connectivity index (χ1n) is 11.4. The van der Waals surface area contributed by atoms with Gasteiger partial charge in [0.15, 0.2) is 17.0 Å². The SMILES string of the molecule is C=CC[C@]1(C(=O)NNCc2ccc(OC)c(OC)c2)N=C(c2ccc(OCCCO)cc2)O[C@H]1C. The smallest absolute Gasteiger partial charge is 0.266 e. The lowest BCUT2D eigenvalue weighted by Crippen LogP contribution is -2.54.